The summed E-state index contributed by atoms with van der Waals surface area (Å²) >= 11 is 0. The predicted octanol–water partition coefficient (Wildman–Crippen LogP) is 1.03. The van der Waals surface area contributed by atoms with E-state index in [1.54, 1.807) is 0 Å². The quantitative estimate of drug-likeness (QED) is 0.753. The largest absolute Gasteiger partial charge is 0.463 e. The van der Waals surface area contributed by atoms with Gasteiger partial charge in [0.05, 0.1) is 13.7 Å². The maximum absolute atomic E-state index is 11.4. The predicted molar refractivity (Wildman–Crippen MR) is 65.0 cm³/mol. The Morgan fingerprint density at radius 3 is 2.88 bits per heavy atom. The second-order valence-corrected chi connectivity index (χ2v) is 4.06. The number of likely N-dealkylation sites (N-methyl/N-ethyl adjacent to an activating group) is 2. The SMILES string of the molecule is CNCCN(C)Cc1cc(C)c(C(=O)OC)o1. The van der Waals surface area contributed by atoms with Crippen LogP contribution in [0.2, 0.25) is 0 Å². The molecule has 0 amide bonds. The number of hydrogen-bond donors (Lipinski definition) is 1. The zero-order valence-corrected chi connectivity index (χ0v) is 10.9. The zero-order chi connectivity index (χ0) is 12.8. The van der Waals surface area contributed by atoms with E-state index in [0.29, 0.717) is 12.3 Å². The summed E-state index contributed by atoms with van der Waals surface area (Å²) < 4.78 is 10.1. The molecule has 1 aromatic rings. The second-order valence-electron chi connectivity index (χ2n) is 4.06. The van der Waals surface area contributed by atoms with Gasteiger partial charge in [-0.25, -0.2) is 4.79 Å². The van der Waals surface area contributed by atoms with Crippen molar-refractivity contribution in [2.75, 3.05) is 34.3 Å². The van der Waals surface area contributed by atoms with Gasteiger partial charge in [0.25, 0.3) is 0 Å². The first-order chi connectivity index (χ1) is 8.08. The Hall–Kier alpha value is -1.33. The molecule has 0 unspecified atom stereocenters. The molecule has 0 bridgehead atoms. The lowest BCUT2D eigenvalue weighted by atomic mass is 10.2. The van der Waals surface area contributed by atoms with Crippen LogP contribution in [0.15, 0.2) is 10.5 Å². The Morgan fingerprint density at radius 1 is 1.59 bits per heavy atom. The van der Waals surface area contributed by atoms with E-state index in [9.17, 15) is 4.79 Å². The van der Waals surface area contributed by atoms with E-state index < -0.39 is 5.97 Å². The van der Waals surface area contributed by atoms with E-state index >= 15 is 0 Å². The summed E-state index contributed by atoms with van der Waals surface area (Å²) in [5, 5.41) is 3.08. The van der Waals surface area contributed by atoms with E-state index in [0.717, 1.165) is 24.4 Å². The highest BCUT2D eigenvalue weighted by molar-refractivity contribution is 5.87. The van der Waals surface area contributed by atoms with Crippen LogP contribution in [0, 0.1) is 6.92 Å². The molecule has 0 aliphatic rings. The van der Waals surface area contributed by atoms with Gasteiger partial charge in [0.15, 0.2) is 0 Å². The summed E-state index contributed by atoms with van der Waals surface area (Å²) in [6.07, 6.45) is 0. The number of rotatable bonds is 6. The molecule has 0 saturated carbocycles. The minimum absolute atomic E-state index is 0.296. The van der Waals surface area contributed by atoms with E-state index in [2.05, 4.69) is 15.0 Å². The van der Waals surface area contributed by atoms with Gasteiger partial charge in [-0.1, -0.05) is 0 Å². The highest BCUT2D eigenvalue weighted by atomic mass is 16.5. The number of aryl methyl sites for hydroxylation is 1. The van der Waals surface area contributed by atoms with Crippen molar-refractivity contribution in [2.45, 2.75) is 13.5 Å². The van der Waals surface area contributed by atoms with Crippen molar-refractivity contribution in [3.8, 4) is 0 Å². The van der Waals surface area contributed by atoms with Crippen LogP contribution in [0.1, 0.15) is 21.9 Å². The first-order valence-electron chi connectivity index (χ1n) is 5.59. The summed E-state index contributed by atoms with van der Waals surface area (Å²) in [6, 6.07) is 1.88. The lowest BCUT2D eigenvalue weighted by Crippen LogP contribution is -2.26. The molecule has 0 aliphatic heterocycles. The lowest BCUT2D eigenvalue weighted by molar-refractivity contribution is 0.0560. The van der Waals surface area contributed by atoms with Crippen molar-refractivity contribution >= 4 is 5.97 Å². The summed E-state index contributed by atoms with van der Waals surface area (Å²) in [7, 11) is 5.27. The first-order valence-corrected chi connectivity index (χ1v) is 5.59. The van der Waals surface area contributed by atoms with Crippen molar-refractivity contribution in [3.05, 3.63) is 23.2 Å². The maximum atomic E-state index is 11.4. The average Bonchev–Trinajstić information content (AvgIpc) is 2.66. The summed E-state index contributed by atoms with van der Waals surface area (Å²) in [6.45, 7) is 4.36. The van der Waals surface area contributed by atoms with Gasteiger partial charge in [-0.15, -0.1) is 0 Å². The summed E-state index contributed by atoms with van der Waals surface area (Å²) in [5.74, 6) is 0.651. The summed E-state index contributed by atoms with van der Waals surface area (Å²) in [5.41, 5.74) is 0.814. The standard InChI is InChI=1S/C12H20N2O3/c1-9-7-10(8-14(3)6-5-13-2)17-11(9)12(15)16-4/h7,13H,5-6,8H2,1-4H3. The number of esters is 1. The molecule has 96 valence electrons. The maximum Gasteiger partial charge on any atom is 0.374 e. The van der Waals surface area contributed by atoms with Crippen LogP contribution in [0.3, 0.4) is 0 Å². The fourth-order valence-corrected chi connectivity index (χ4v) is 1.57. The first kappa shape index (κ1) is 13.7. The Kier molecular flexibility index (Phi) is 5.18. The Labute approximate surface area is 102 Å². The molecule has 5 heteroatoms. The van der Waals surface area contributed by atoms with Crippen molar-refractivity contribution in [1.82, 2.24) is 10.2 Å². The van der Waals surface area contributed by atoms with Gasteiger partial charge in [-0.2, -0.15) is 0 Å². The molecule has 0 fully saturated rings. The lowest BCUT2D eigenvalue weighted by Gasteiger charge is -2.14. The van der Waals surface area contributed by atoms with Crippen LogP contribution >= 0.6 is 0 Å². The molecule has 17 heavy (non-hydrogen) atoms. The molecular weight excluding hydrogens is 220 g/mol. The van der Waals surface area contributed by atoms with Crippen LogP contribution in [0.5, 0.6) is 0 Å². The van der Waals surface area contributed by atoms with Gasteiger partial charge < -0.3 is 14.5 Å². The number of carbonyl (C=O) groups is 1. The van der Waals surface area contributed by atoms with Gasteiger partial charge in [0, 0.05) is 18.7 Å². The molecule has 5 nitrogen and oxygen atoms in total. The van der Waals surface area contributed by atoms with Gasteiger partial charge in [-0.05, 0) is 27.1 Å². The molecule has 0 saturated heterocycles. The third-order valence-electron chi connectivity index (χ3n) is 2.51. The Morgan fingerprint density at radius 2 is 2.29 bits per heavy atom. The van der Waals surface area contributed by atoms with Crippen LogP contribution < -0.4 is 5.32 Å². The topological polar surface area (TPSA) is 54.7 Å². The number of hydrogen-bond acceptors (Lipinski definition) is 5. The fourth-order valence-electron chi connectivity index (χ4n) is 1.57. The van der Waals surface area contributed by atoms with Crippen molar-refractivity contribution in [3.63, 3.8) is 0 Å². The summed E-state index contributed by atoms with van der Waals surface area (Å²) in [4.78, 5) is 13.5. The zero-order valence-electron chi connectivity index (χ0n) is 10.9. The highest BCUT2D eigenvalue weighted by Crippen LogP contribution is 2.16. The molecule has 1 heterocycles. The third kappa shape index (κ3) is 3.87. The number of nitrogens with one attached hydrogen (secondary N) is 1. The van der Waals surface area contributed by atoms with Gasteiger partial charge in [0.2, 0.25) is 5.76 Å². The number of carbonyl (C=O) groups excluding carboxylic acids is 1. The van der Waals surface area contributed by atoms with Gasteiger partial charge in [0.1, 0.15) is 5.76 Å². The van der Waals surface area contributed by atoms with Crippen molar-refractivity contribution in [2.24, 2.45) is 0 Å². The normalized spacial score (nSPS) is 10.9. The second kappa shape index (κ2) is 6.42. The van der Waals surface area contributed by atoms with Crippen LogP contribution in [0.4, 0.5) is 0 Å². The van der Waals surface area contributed by atoms with Gasteiger partial charge >= 0.3 is 5.97 Å². The minimum atomic E-state index is -0.424. The number of furan rings is 1. The Bertz CT molecular complexity index is 374. The van der Waals surface area contributed by atoms with E-state index in [-0.39, 0.29) is 0 Å². The fraction of sp³-hybridized carbons (Fsp3) is 0.583. The molecule has 0 aromatic carbocycles. The minimum Gasteiger partial charge on any atom is -0.463 e. The van der Waals surface area contributed by atoms with E-state index in [1.807, 2.05) is 27.1 Å². The van der Waals surface area contributed by atoms with Gasteiger partial charge in [-0.3, -0.25) is 4.90 Å². The molecule has 0 radical (unpaired) electrons. The van der Waals surface area contributed by atoms with Crippen LogP contribution in [-0.2, 0) is 11.3 Å². The molecule has 0 atom stereocenters. The molecular formula is C12H20N2O3. The molecule has 1 N–H and O–H groups in total. The molecule has 0 spiro atoms. The number of ether oxygens (including phenoxy) is 1. The number of methoxy groups -OCH3 is 1. The number of nitrogens with zero attached hydrogens (tertiary/aromatic N) is 1. The molecule has 0 aliphatic carbocycles. The molecule has 1 rings (SSSR count). The van der Waals surface area contributed by atoms with Crippen LogP contribution in [0.25, 0.3) is 0 Å². The van der Waals surface area contributed by atoms with E-state index in [4.69, 9.17) is 4.42 Å². The average molecular weight is 240 g/mol. The third-order valence-corrected chi connectivity index (χ3v) is 2.51. The van der Waals surface area contributed by atoms with Crippen LogP contribution in [-0.4, -0.2) is 45.2 Å². The van der Waals surface area contributed by atoms with Crippen molar-refractivity contribution in [1.29, 1.82) is 0 Å². The van der Waals surface area contributed by atoms with E-state index in [1.165, 1.54) is 7.11 Å². The highest BCUT2D eigenvalue weighted by Gasteiger charge is 2.16. The molecule has 1 aromatic heterocycles. The van der Waals surface area contributed by atoms with Crippen molar-refractivity contribution < 1.29 is 13.9 Å². The monoisotopic (exact) mass is 240 g/mol. The smallest absolute Gasteiger partial charge is 0.374 e. The Balaban J connectivity index is 2.63.